The number of hydrogen-bond donors (Lipinski definition) is 0. The average molecular weight is 390 g/mol. The van der Waals surface area contributed by atoms with Crippen LogP contribution in [0.2, 0.25) is 0 Å². The molecular formula is C21H21F3N2O2. The first-order valence-corrected chi connectivity index (χ1v) is 9.36. The summed E-state index contributed by atoms with van der Waals surface area (Å²) >= 11 is 0. The quantitative estimate of drug-likeness (QED) is 0.741. The number of hydrogen-bond acceptors (Lipinski definition) is 4. The van der Waals surface area contributed by atoms with Crippen molar-refractivity contribution in [1.29, 1.82) is 0 Å². The number of alkyl halides is 3. The molecule has 2 atom stereocenters. The Morgan fingerprint density at radius 3 is 2.32 bits per heavy atom. The predicted molar refractivity (Wildman–Crippen MR) is 96.7 cm³/mol. The van der Waals surface area contributed by atoms with Gasteiger partial charge < -0.3 is 4.74 Å². The number of ether oxygens (including phenoxy) is 1. The summed E-state index contributed by atoms with van der Waals surface area (Å²) in [5.41, 5.74) is 0.481. The van der Waals surface area contributed by atoms with Crippen LogP contribution in [0.3, 0.4) is 0 Å². The minimum Gasteiger partial charge on any atom is -0.378 e. The zero-order valence-corrected chi connectivity index (χ0v) is 15.2. The third kappa shape index (κ3) is 3.95. The summed E-state index contributed by atoms with van der Waals surface area (Å²) in [6.45, 7) is 1.93. The topological polar surface area (TPSA) is 42.4 Å². The first-order chi connectivity index (χ1) is 13.4. The summed E-state index contributed by atoms with van der Waals surface area (Å²) in [5.74, 6) is -0.417. The van der Waals surface area contributed by atoms with Crippen LogP contribution in [0.25, 0.3) is 0 Å². The largest absolute Gasteiger partial charge is 0.417 e. The maximum absolute atomic E-state index is 12.9. The lowest BCUT2D eigenvalue weighted by Gasteiger charge is -2.48. The van der Waals surface area contributed by atoms with Gasteiger partial charge in [-0.25, -0.2) is 0 Å². The highest BCUT2D eigenvalue weighted by molar-refractivity contribution is 5.96. The minimum absolute atomic E-state index is 0.105. The lowest BCUT2D eigenvalue weighted by molar-refractivity contribution is -0.137. The molecule has 7 heteroatoms. The van der Waals surface area contributed by atoms with Crippen LogP contribution >= 0.6 is 0 Å². The fourth-order valence-corrected chi connectivity index (χ4v) is 4.17. The first kappa shape index (κ1) is 19.1. The Kier molecular flexibility index (Phi) is 5.21. The van der Waals surface area contributed by atoms with E-state index in [0.717, 1.165) is 18.8 Å². The molecule has 148 valence electrons. The summed E-state index contributed by atoms with van der Waals surface area (Å²) in [6, 6.07) is 12.5. The van der Waals surface area contributed by atoms with Crippen molar-refractivity contribution in [2.24, 2.45) is 5.92 Å². The second kappa shape index (κ2) is 7.64. The van der Waals surface area contributed by atoms with Gasteiger partial charge in [-0.2, -0.15) is 13.2 Å². The Balaban J connectivity index is 1.47. The molecular weight excluding hydrogens is 369 g/mol. The maximum atomic E-state index is 12.9. The zero-order valence-electron chi connectivity index (χ0n) is 15.2. The van der Waals surface area contributed by atoms with Crippen molar-refractivity contribution < 1.29 is 22.7 Å². The van der Waals surface area contributed by atoms with Crippen molar-refractivity contribution >= 4 is 5.78 Å². The Hall–Kier alpha value is -2.25. The van der Waals surface area contributed by atoms with Gasteiger partial charge >= 0.3 is 6.18 Å². The Morgan fingerprint density at radius 1 is 1.07 bits per heavy atom. The molecule has 2 bridgehead atoms. The first-order valence-electron chi connectivity index (χ1n) is 9.36. The molecule has 0 spiro atoms. The second-order valence-corrected chi connectivity index (χ2v) is 7.47. The molecule has 2 aromatic rings. The Morgan fingerprint density at radius 2 is 1.75 bits per heavy atom. The molecule has 28 heavy (non-hydrogen) atoms. The monoisotopic (exact) mass is 390 g/mol. The molecule has 2 saturated heterocycles. The molecule has 0 N–H and O–H groups in total. The number of morpholine rings is 1. The molecule has 1 aromatic heterocycles. The number of piperidine rings is 1. The fraction of sp³-hybridized carbons (Fsp3) is 0.429. The van der Waals surface area contributed by atoms with E-state index in [9.17, 15) is 18.0 Å². The van der Waals surface area contributed by atoms with Gasteiger partial charge in [-0.05, 0) is 30.5 Å². The highest BCUT2D eigenvalue weighted by Crippen LogP contribution is 2.35. The van der Waals surface area contributed by atoms with Crippen LogP contribution in [-0.4, -0.2) is 41.0 Å². The van der Waals surface area contributed by atoms with Crippen LogP contribution in [0, 0.1) is 5.92 Å². The predicted octanol–water partition coefficient (Wildman–Crippen LogP) is 3.96. The van der Waals surface area contributed by atoms with Crippen molar-refractivity contribution in [1.82, 2.24) is 9.88 Å². The van der Waals surface area contributed by atoms with Crippen molar-refractivity contribution in [3.05, 3.63) is 65.5 Å². The van der Waals surface area contributed by atoms with Gasteiger partial charge in [-0.1, -0.05) is 30.3 Å². The van der Waals surface area contributed by atoms with E-state index in [1.165, 1.54) is 11.6 Å². The van der Waals surface area contributed by atoms with Gasteiger partial charge in [0.2, 0.25) is 0 Å². The van der Waals surface area contributed by atoms with E-state index < -0.39 is 11.7 Å². The molecule has 0 amide bonds. The Labute approximate surface area is 161 Å². The lowest BCUT2D eigenvalue weighted by atomic mass is 9.81. The van der Waals surface area contributed by atoms with Crippen molar-refractivity contribution in [2.75, 3.05) is 13.2 Å². The average Bonchev–Trinajstić information content (AvgIpc) is 2.67. The number of aromatic nitrogens is 1. The molecule has 3 heterocycles. The van der Waals surface area contributed by atoms with Gasteiger partial charge in [0, 0.05) is 30.7 Å². The fourth-order valence-electron chi connectivity index (χ4n) is 4.17. The molecule has 2 aliphatic heterocycles. The third-order valence-corrected chi connectivity index (χ3v) is 5.59. The van der Waals surface area contributed by atoms with Gasteiger partial charge in [-0.3, -0.25) is 14.7 Å². The van der Waals surface area contributed by atoms with E-state index in [1.807, 2.05) is 18.2 Å². The van der Waals surface area contributed by atoms with E-state index in [1.54, 1.807) is 0 Å². The van der Waals surface area contributed by atoms with Crippen LogP contribution in [0.15, 0.2) is 48.7 Å². The normalized spacial score (nSPS) is 25.5. The number of fused-ring (bicyclic) bond motifs is 2. The minimum atomic E-state index is -4.45. The van der Waals surface area contributed by atoms with Crippen LogP contribution in [-0.2, 0) is 17.5 Å². The van der Waals surface area contributed by atoms with Crippen LogP contribution in [0.4, 0.5) is 13.2 Å². The van der Waals surface area contributed by atoms with Crippen LogP contribution < -0.4 is 0 Å². The van der Waals surface area contributed by atoms with Gasteiger partial charge in [-0.15, -0.1) is 0 Å². The molecule has 2 aliphatic rings. The highest BCUT2D eigenvalue weighted by Gasteiger charge is 2.41. The smallest absolute Gasteiger partial charge is 0.378 e. The number of ketones is 1. The molecule has 0 saturated carbocycles. The van der Waals surface area contributed by atoms with Crippen molar-refractivity contribution in [2.45, 2.75) is 37.6 Å². The standard InChI is InChI=1S/C21H21F3N2O2/c22-21(23,24)16-6-7-19(25-10-16)20(27)15-8-17-12-28-13-18(9-15)26(17)11-14-4-2-1-3-5-14/h1-7,10,15,17-18H,8-9,11-13H2. The number of pyridine rings is 1. The molecule has 0 aliphatic carbocycles. The molecule has 2 fully saturated rings. The number of carbonyl (C=O) groups excluding carboxylic acids is 1. The van der Waals surface area contributed by atoms with Gasteiger partial charge in [0.15, 0.2) is 5.78 Å². The molecule has 1 aromatic carbocycles. The number of Topliss-reactive ketones (excluding diaryl/α,β-unsaturated/α-hetero) is 1. The van der Waals surface area contributed by atoms with Crippen molar-refractivity contribution in [3.63, 3.8) is 0 Å². The van der Waals surface area contributed by atoms with E-state index >= 15 is 0 Å². The maximum Gasteiger partial charge on any atom is 0.417 e. The summed E-state index contributed by atoms with van der Waals surface area (Å²) in [7, 11) is 0. The lowest BCUT2D eigenvalue weighted by Crippen LogP contribution is -2.57. The van der Waals surface area contributed by atoms with Crippen LogP contribution in [0.1, 0.15) is 34.5 Å². The number of benzene rings is 1. The van der Waals surface area contributed by atoms with E-state index in [4.69, 9.17) is 4.74 Å². The van der Waals surface area contributed by atoms with Gasteiger partial charge in [0.1, 0.15) is 5.69 Å². The Bertz CT molecular complexity index is 810. The summed E-state index contributed by atoms with van der Waals surface area (Å²) in [5, 5.41) is 0. The second-order valence-electron chi connectivity index (χ2n) is 7.47. The van der Waals surface area contributed by atoms with Crippen molar-refractivity contribution in [3.8, 4) is 0 Å². The summed E-state index contributed by atoms with van der Waals surface area (Å²) in [4.78, 5) is 19.0. The number of halogens is 3. The van der Waals surface area contributed by atoms with E-state index in [-0.39, 0.29) is 29.5 Å². The molecule has 0 radical (unpaired) electrons. The third-order valence-electron chi connectivity index (χ3n) is 5.59. The number of nitrogens with zero attached hydrogens (tertiary/aromatic N) is 2. The SMILES string of the molecule is O=C(c1ccc(C(F)(F)F)cn1)C1CC2COCC(C1)N2Cc1ccccc1. The molecule has 4 nitrogen and oxygen atoms in total. The molecule has 4 rings (SSSR count). The number of rotatable bonds is 4. The van der Waals surface area contributed by atoms with Crippen LogP contribution in [0.5, 0.6) is 0 Å². The number of carbonyl (C=O) groups is 1. The summed E-state index contributed by atoms with van der Waals surface area (Å²) in [6.07, 6.45) is -2.46. The molecule has 2 unspecified atom stereocenters. The highest BCUT2D eigenvalue weighted by atomic mass is 19.4. The van der Waals surface area contributed by atoms with Gasteiger partial charge in [0.05, 0.1) is 18.8 Å². The summed E-state index contributed by atoms with van der Waals surface area (Å²) < 4.78 is 43.8. The van der Waals surface area contributed by atoms with Gasteiger partial charge in [0.25, 0.3) is 0 Å². The van der Waals surface area contributed by atoms with E-state index in [0.29, 0.717) is 26.1 Å². The van der Waals surface area contributed by atoms with E-state index in [2.05, 4.69) is 22.0 Å². The zero-order chi connectivity index (χ0) is 19.7.